The molecule has 0 saturated heterocycles. The van der Waals surface area contributed by atoms with E-state index >= 15 is 0 Å². The van der Waals surface area contributed by atoms with Gasteiger partial charge in [-0.05, 0) is 49.1 Å². The van der Waals surface area contributed by atoms with Gasteiger partial charge < -0.3 is 25.1 Å². The minimum absolute atomic E-state index is 0.244. The first kappa shape index (κ1) is 27.8. The molecule has 0 radical (unpaired) electrons. The number of fused-ring (bicyclic) bond motifs is 1. The van der Waals surface area contributed by atoms with E-state index in [-0.39, 0.29) is 12.4 Å². The van der Waals surface area contributed by atoms with E-state index in [1.807, 2.05) is 32.2 Å². The Morgan fingerprint density at radius 2 is 2.11 bits per heavy atom. The quantitative estimate of drug-likeness (QED) is 0.422. The highest BCUT2D eigenvalue weighted by molar-refractivity contribution is 7.16. The van der Waals surface area contributed by atoms with Crippen molar-refractivity contribution in [3.63, 3.8) is 0 Å². The summed E-state index contributed by atoms with van der Waals surface area (Å²) in [4.78, 5) is 24.0. The molecule has 4 rings (SSSR count). The number of anilines is 1. The normalized spacial score (nSPS) is 14.6. The third-order valence-corrected chi connectivity index (χ3v) is 7.14. The van der Waals surface area contributed by atoms with Gasteiger partial charge in [-0.15, -0.1) is 11.3 Å². The van der Waals surface area contributed by atoms with Crippen LogP contribution in [0.2, 0.25) is 0 Å². The Bertz CT molecular complexity index is 1100. The summed E-state index contributed by atoms with van der Waals surface area (Å²) in [5.74, 6) is 0.244. The van der Waals surface area contributed by atoms with Gasteiger partial charge in [0.2, 0.25) is 0 Å². The summed E-state index contributed by atoms with van der Waals surface area (Å²) >= 11 is 1.74. The Kier molecular flexibility index (Phi) is 11.7. The second kappa shape index (κ2) is 14.7. The number of nitrogens with one attached hydrogen (secondary N) is 2. The molecule has 0 bridgehead atoms. The minimum atomic E-state index is -0.250. The number of aldehydes is 1. The largest absolute Gasteiger partial charge is 0.483 e. The van der Waals surface area contributed by atoms with Gasteiger partial charge in [-0.25, -0.2) is 0 Å². The molecule has 0 aromatic carbocycles. The van der Waals surface area contributed by atoms with Crippen molar-refractivity contribution in [2.45, 2.75) is 51.1 Å². The maximum atomic E-state index is 10.2. The zero-order valence-electron chi connectivity index (χ0n) is 20.4. The number of nitrogens with zero attached hydrogens (tertiary/aromatic N) is 3. The molecule has 3 aromatic heterocycles. The van der Waals surface area contributed by atoms with Gasteiger partial charge in [0.15, 0.2) is 0 Å². The average molecular weight is 496 g/mol. The highest BCUT2D eigenvalue weighted by atomic mass is 32.1. The molecule has 35 heavy (non-hydrogen) atoms. The molecule has 8 nitrogen and oxygen atoms in total. The van der Waals surface area contributed by atoms with E-state index in [0.29, 0.717) is 12.5 Å². The highest BCUT2D eigenvalue weighted by Gasteiger charge is 2.25. The third kappa shape index (κ3) is 8.05. The summed E-state index contributed by atoms with van der Waals surface area (Å²) < 4.78 is 2.15. The molecule has 0 saturated carbocycles. The molecule has 0 spiro atoms. The van der Waals surface area contributed by atoms with Crippen LogP contribution in [-0.4, -0.2) is 40.5 Å². The van der Waals surface area contributed by atoms with Gasteiger partial charge in [0, 0.05) is 67.7 Å². The molecule has 2 atom stereocenters. The molecule has 0 aliphatic heterocycles. The summed E-state index contributed by atoms with van der Waals surface area (Å²) in [5, 5.41) is 24.0. The van der Waals surface area contributed by atoms with Gasteiger partial charge >= 0.3 is 0 Å². The van der Waals surface area contributed by atoms with Crippen molar-refractivity contribution in [2.24, 2.45) is 7.05 Å². The van der Waals surface area contributed by atoms with Crippen LogP contribution in [0.15, 0.2) is 42.7 Å². The third-order valence-electron chi connectivity index (χ3n) is 5.87. The number of rotatable bonds is 7. The van der Waals surface area contributed by atoms with Crippen LogP contribution in [0.3, 0.4) is 0 Å². The maximum Gasteiger partial charge on any atom is 0.290 e. The Balaban J connectivity index is 0.000000260. The fourth-order valence-electron chi connectivity index (χ4n) is 3.92. The molecule has 1 aliphatic rings. The lowest BCUT2D eigenvalue weighted by Crippen LogP contribution is -2.34. The Hall–Kier alpha value is -3.48. The van der Waals surface area contributed by atoms with Crippen molar-refractivity contribution < 1.29 is 14.7 Å². The van der Waals surface area contributed by atoms with E-state index in [2.05, 4.69) is 51.6 Å². The van der Waals surface area contributed by atoms with Crippen molar-refractivity contribution in [3.8, 4) is 6.07 Å². The number of carbonyl (C=O) groups excluding carboxylic acids is 1. The topological polar surface area (TPSA) is 120 Å². The van der Waals surface area contributed by atoms with Gasteiger partial charge in [0.05, 0.1) is 5.56 Å². The van der Waals surface area contributed by atoms with Crippen LogP contribution in [0.25, 0.3) is 0 Å². The monoisotopic (exact) mass is 495 g/mol. The van der Waals surface area contributed by atoms with Crippen molar-refractivity contribution in [2.75, 3.05) is 12.4 Å². The van der Waals surface area contributed by atoms with Crippen LogP contribution in [0.1, 0.15) is 53.1 Å². The van der Waals surface area contributed by atoms with Crippen molar-refractivity contribution >= 4 is 29.1 Å². The lowest BCUT2D eigenvalue weighted by Gasteiger charge is -2.23. The van der Waals surface area contributed by atoms with Crippen molar-refractivity contribution in [1.82, 2.24) is 14.9 Å². The Morgan fingerprint density at radius 3 is 2.69 bits per heavy atom. The molecule has 9 heteroatoms. The summed E-state index contributed by atoms with van der Waals surface area (Å²) in [7, 11) is 3.97. The molecular weight excluding hydrogens is 462 g/mol. The fraction of sp³-hybridized carbons (Fsp3) is 0.385. The SMILES string of the molecule is CC(CC=O)c1ccccn1.CNc1sc2c(c1C#N)CCC(NCc1cccn1C)C2.O=CO. The molecule has 186 valence electrons. The first-order chi connectivity index (χ1) is 17.0. The van der Waals surface area contributed by atoms with Crippen LogP contribution < -0.4 is 10.6 Å². The second-order valence-corrected chi connectivity index (χ2v) is 9.27. The summed E-state index contributed by atoms with van der Waals surface area (Å²) in [6, 6.07) is 12.8. The number of hydrogen-bond donors (Lipinski definition) is 3. The number of thiophene rings is 1. The summed E-state index contributed by atoms with van der Waals surface area (Å²) in [6.07, 6.45) is 8.44. The average Bonchev–Trinajstić information content (AvgIpc) is 3.46. The van der Waals surface area contributed by atoms with E-state index in [4.69, 9.17) is 9.90 Å². The van der Waals surface area contributed by atoms with E-state index in [1.165, 1.54) is 16.1 Å². The van der Waals surface area contributed by atoms with Crippen LogP contribution >= 0.6 is 11.3 Å². The lowest BCUT2D eigenvalue weighted by molar-refractivity contribution is -0.122. The van der Waals surface area contributed by atoms with Gasteiger partial charge in [-0.3, -0.25) is 9.78 Å². The molecule has 3 aromatic rings. The van der Waals surface area contributed by atoms with E-state index in [0.717, 1.165) is 48.4 Å². The van der Waals surface area contributed by atoms with Crippen LogP contribution in [0.4, 0.5) is 5.00 Å². The molecule has 2 unspecified atom stereocenters. The van der Waals surface area contributed by atoms with Crippen molar-refractivity contribution in [3.05, 3.63) is 70.1 Å². The lowest BCUT2D eigenvalue weighted by atomic mass is 9.92. The zero-order chi connectivity index (χ0) is 25.6. The molecule has 3 heterocycles. The molecular formula is C26H33N5O3S. The van der Waals surface area contributed by atoms with Gasteiger partial charge in [0.25, 0.3) is 6.47 Å². The van der Waals surface area contributed by atoms with E-state index in [9.17, 15) is 10.1 Å². The smallest absolute Gasteiger partial charge is 0.290 e. The molecule has 0 amide bonds. The number of aryl methyl sites for hydroxylation is 1. The van der Waals surface area contributed by atoms with Crippen LogP contribution in [-0.2, 0) is 36.0 Å². The molecule has 1 aliphatic carbocycles. The van der Waals surface area contributed by atoms with E-state index < -0.39 is 0 Å². The first-order valence-electron chi connectivity index (χ1n) is 11.5. The van der Waals surface area contributed by atoms with Gasteiger partial charge in [0.1, 0.15) is 17.4 Å². The Morgan fingerprint density at radius 1 is 1.34 bits per heavy atom. The number of pyridine rings is 1. The van der Waals surface area contributed by atoms with Gasteiger partial charge in [-0.1, -0.05) is 13.0 Å². The minimum Gasteiger partial charge on any atom is -0.483 e. The predicted octanol–water partition coefficient (Wildman–Crippen LogP) is 4.12. The second-order valence-electron chi connectivity index (χ2n) is 8.16. The van der Waals surface area contributed by atoms with Gasteiger partial charge in [-0.2, -0.15) is 5.26 Å². The van der Waals surface area contributed by atoms with Crippen LogP contribution in [0.5, 0.6) is 0 Å². The number of carbonyl (C=O) groups is 2. The first-order valence-corrected chi connectivity index (χ1v) is 12.3. The fourth-order valence-corrected chi connectivity index (χ4v) is 5.15. The predicted molar refractivity (Wildman–Crippen MR) is 139 cm³/mol. The Labute approximate surface area is 210 Å². The molecule has 0 fully saturated rings. The highest BCUT2D eigenvalue weighted by Crippen LogP contribution is 2.37. The number of nitriles is 1. The standard InChI is InChI=1S/C16H20N4S.C9H11NO.CH2O2/c1-18-16-14(9-17)13-6-5-11(8-15(13)21-16)19-10-12-4-3-7-20(12)2;1-8(5-7-11)9-4-2-3-6-10-9;2-1-3/h3-4,7,11,18-19H,5-6,8,10H2,1-2H3;2-4,6-8H,5H2,1H3;1H,(H,2,3). The summed E-state index contributed by atoms with van der Waals surface area (Å²) in [6.45, 7) is 2.65. The number of hydrogen-bond acceptors (Lipinski definition) is 7. The number of carboxylic acid groups (broad SMARTS) is 1. The maximum absolute atomic E-state index is 10.2. The molecule has 3 N–H and O–H groups in total. The van der Waals surface area contributed by atoms with Crippen molar-refractivity contribution in [1.29, 1.82) is 5.26 Å². The van der Waals surface area contributed by atoms with Crippen LogP contribution in [0, 0.1) is 11.3 Å². The summed E-state index contributed by atoms with van der Waals surface area (Å²) in [5.41, 5.74) is 4.42. The zero-order valence-corrected chi connectivity index (χ0v) is 21.2. The van der Waals surface area contributed by atoms with E-state index in [1.54, 1.807) is 17.5 Å². The number of aromatic nitrogens is 2.